The molecule has 2 aromatic heterocycles. The van der Waals surface area contributed by atoms with Crippen LogP contribution in [0.4, 0.5) is 0 Å². The number of halogens is 1. The van der Waals surface area contributed by atoms with E-state index in [1.807, 2.05) is 12.3 Å². The highest BCUT2D eigenvalue weighted by molar-refractivity contribution is 6.17. The second-order valence-corrected chi connectivity index (χ2v) is 6.72. The van der Waals surface area contributed by atoms with Gasteiger partial charge in [0.25, 0.3) is 0 Å². The summed E-state index contributed by atoms with van der Waals surface area (Å²) in [5.41, 5.74) is 3.30. The standard InChI is InChI=1S/C16H21ClN4/c1-11-3-7-18-16-15(11)19-14(2-6-17)21(16)13-10-20-8-4-12(13)5-9-20/h3,7,12-13H,2,4-6,8-10H2,1H3. The summed E-state index contributed by atoms with van der Waals surface area (Å²) in [5, 5.41) is 0. The third kappa shape index (κ3) is 2.16. The van der Waals surface area contributed by atoms with E-state index in [-0.39, 0.29) is 0 Å². The molecule has 3 aliphatic rings. The first-order chi connectivity index (χ1) is 10.3. The number of imidazole rings is 1. The fourth-order valence-electron chi connectivity index (χ4n) is 3.99. The van der Waals surface area contributed by atoms with Gasteiger partial charge >= 0.3 is 0 Å². The van der Waals surface area contributed by atoms with Gasteiger partial charge in [0.05, 0.1) is 6.04 Å². The van der Waals surface area contributed by atoms with Gasteiger partial charge < -0.3 is 9.47 Å². The predicted octanol–water partition coefficient (Wildman–Crippen LogP) is 2.79. The minimum absolute atomic E-state index is 0.519. The smallest absolute Gasteiger partial charge is 0.160 e. The van der Waals surface area contributed by atoms with Crippen molar-refractivity contribution in [3.05, 3.63) is 23.7 Å². The van der Waals surface area contributed by atoms with E-state index in [0.717, 1.165) is 35.9 Å². The monoisotopic (exact) mass is 304 g/mol. The van der Waals surface area contributed by atoms with Gasteiger partial charge in [0.15, 0.2) is 5.65 Å². The van der Waals surface area contributed by atoms with Crippen LogP contribution in [0.5, 0.6) is 0 Å². The molecular formula is C16H21ClN4. The summed E-state index contributed by atoms with van der Waals surface area (Å²) in [7, 11) is 0. The zero-order valence-electron chi connectivity index (χ0n) is 12.4. The minimum Gasteiger partial charge on any atom is -0.308 e. The molecule has 0 aromatic carbocycles. The Bertz CT molecular complexity index is 658. The molecule has 0 spiro atoms. The minimum atomic E-state index is 0.519. The van der Waals surface area contributed by atoms with Gasteiger partial charge in [-0.3, -0.25) is 0 Å². The highest BCUT2D eigenvalue weighted by atomic mass is 35.5. The molecule has 0 aliphatic carbocycles. The Morgan fingerprint density at radius 1 is 1.33 bits per heavy atom. The number of aromatic nitrogens is 3. The number of hydrogen-bond acceptors (Lipinski definition) is 3. The van der Waals surface area contributed by atoms with Crippen LogP contribution in [0.15, 0.2) is 12.3 Å². The lowest BCUT2D eigenvalue weighted by Crippen LogP contribution is -2.48. The normalized spacial score (nSPS) is 28.4. The second kappa shape index (κ2) is 5.25. The average molecular weight is 305 g/mol. The second-order valence-electron chi connectivity index (χ2n) is 6.34. The van der Waals surface area contributed by atoms with E-state index in [9.17, 15) is 0 Å². The highest BCUT2D eigenvalue weighted by Crippen LogP contribution is 2.38. The number of pyridine rings is 1. The number of piperidine rings is 3. The molecule has 0 N–H and O–H groups in total. The highest BCUT2D eigenvalue weighted by Gasteiger charge is 2.37. The van der Waals surface area contributed by atoms with Crippen molar-refractivity contribution in [2.24, 2.45) is 5.92 Å². The maximum Gasteiger partial charge on any atom is 0.160 e. The number of rotatable bonds is 3. The van der Waals surface area contributed by atoms with Crippen molar-refractivity contribution < 1.29 is 0 Å². The molecule has 0 radical (unpaired) electrons. The van der Waals surface area contributed by atoms with Gasteiger partial charge in [0.2, 0.25) is 0 Å². The Balaban J connectivity index is 1.86. The molecule has 0 saturated carbocycles. The van der Waals surface area contributed by atoms with Crippen molar-refractivity contribution in [3.8, 4) is 0 Å². The molecule has 2 aromatic rings. The lowest BCUT2D eigenvalue weighted by atomic mass is 9.84. The molecule has 3 saturated heterocycles. The fraction of sp³-hybridized carbons (Fsp3) is 0.625. The van der Waals surface area contributed by atoms with Crippen LogP contribution in [0.3, 0.4) is 0 Å². The largest absolute Gasteiger partial charge is 0.308 e. The van der Waals surface area contributed by atoms with Crippen LogP contribution in [0.1, 0.15) is 30.3 Å². The molecule has 112 valence electrons. The summed E-state index contributed by atoms with van der Waals surface area (Å²) < 4.78 is 2.40. The molecule has 21 heavy (non-hydrogen) atoms. The first kappa shape index (κ1) is 13.5. The maximum atomic E-state index is 6.01. The molecule has 2 bridgehead atoms. The third-order valence-electron chi connectivity index (χ3n) is 5.13. The quantitative estimate of drug-likeness (QED) is 0.818. The van der Waals surface area contributed by atoms with Crippen LogP contribution < -0.4 is 0 Å². The number of aryl methyl sites for hydroxylation is 2. The van der Waals surface area contributed by atoms with E-state index < -0.39 is 0 Å². The molecule has 4 nitrogen and oxygen atoms in total. The molecular weight excluding hydrogens is 284 g/mol. The third-order valence-corrected chi connectivity index (χ3v) is 5.31. The summed E-state index contributed by atoms with van der Waals surface area (Å²) in [5.74, 6) is 2.49. The molecule has 1 unspecified atom stereocenters. The molecule has 5 rings (SSSR count). The van der Waals surface area contributed by atoms with E-state index in [1.54, 1.807) is 0 Å². The van der Waals surface area contributed by atoms with Gasteiger partial charge in [-0.15, -0.1) is 11.6 Å². The summed E-state index contributed by atoms with van der Waals surface area (Å²) in [4.78, 5) is 12.1. The van der Waals surface area contributed by atoms with Crippen molar-refractivity contribution in [1.29, 1.82) is 0 Å². The first-order valence-corrected chi connectivity index (χ1v) is 8.42. The zero-order chi connectivity index (χ0) is 14.4. The Labute approximate surface area is 130 Å². The van der Waals surface area contributed by atoms with Gasteiger partial charge in [-0.1, -0.05) is 0 Å². The van der Waals surface area contributed by atoms with Gasteiger partial charge in [0, 0.05) is 25.0 Å². The van der Waals surface area contributed by atoms with Crippen LogP contribution in [-0.4, -0.2) is 44.9 Å². The van der Waals surface area contributed by atoms with E-state index in [0.29, 0.717) is 11.9 Å². The molecule has 3 fully saturated rings. The summed E-state index contributed by atoms with van der Waals surface area (Å²) in [6.45, 7) is 5.76. The van der Waals surface area contributed by atoms with E-state index in [1.165, 1.54) is 31.5 Å². The number of nitrogens with zero attached hydrogens (tertiary/aromatic N) is 4. The van der Waals surface area contributed by atoms with Crippen molar-refractivity contribution in [1.82, 2.24) is 19.4 Å². The molecule has 1 atom stereocenters. The Morgan fingerprint density at radius 3 is 2.81 bits per heavy atom. The SMILES string of the molecule is Cc1ccnc2c1nc(CCCl)n2C1CN2CCC1CC2. The Morgan fingerprint density at radius 2 is 2.14 bits per heavy atom. The van der Waals surface area contributed by atoms with Crippen molar-refractivity contribution >= 4 is 22.8 Å². The van der Waals surface area contributed by atoms with Gasteiger partial charge in [-0.2, -0.15) is 0 Å². The van der Waals surface area contributed by atoms with Crippen LogP contribution in [0, 0.1) is 12.8 Å². The van der Waals surface area contributed by atoms with Crippen LogP contribution in [-0.2, 0) is 6.42 Å². The Hall–Kier alpha value is -1.13. The topological polar surface area (TPSA) is 34.0 Å². The van der Waals surface area contributed by atoms with Crippen molar-refractivity contribution in [2.45, 2.75) is 32.2 Å². The van der Waals surface area contributed by atoms with Crippen LogP contribution >= 0.6 is 11.6 Å². The first-order valence-electron chi connectivity index (χ1n) is 7.88. The molecule has 0 amide bonds. The summed E-state index contributed by atoms with van der Waals surface area (Å²) >= 11 is 6.01. The predicted molar refractivity (Wildman–Crippen MR) is 84.9 cm³/mol. The van der Waals surface area contributed by atoms with E-state index in [4.69, 9.17) is 16.6 Å². The average Bonchev–Trinajstić information content (AvgIpc) is 2.88. The lowest BCUT2D eigenvalue weighted by molar-refractivity contribution is 0.0574. The molecule has 5 heteroatoms. The number of alkyl halides is 1. The lowest BCUT2D eigenvalue weighted by Gasteiger charge is -2.45. The number of hydrogen-bond donors (Lipinski definition) is 0. The maximum absolute atomic E-state index is 6.01. The summed E-state index contributed by atoms with van der Waals surface area (Å²) in [6.07, 6.45) is 5.33. The van der Waals surface area contributed by atoms with Crippen molar-refractivity contribution in [2.75, 3.05) is 25.5 Å². The van der Waals surface area contributed by atoms with Gasteiger partial charge in [-0.05, 0) is 50.4 Å². The summed E-state index contributed by atoms with van der Waals surface area (Å²) in [6, 6.07) is 2.56. The molecule has 5 heterocycles. The number of fused-ring (bicyclic) bond motifs is 4. The van der Waals surface area contributed by atoms with E-state index in [2.05, 4.69) is 21.4 Å². The van der Waals surface area contributed by atoms with E-state index >= 15 is 0 Å². The molecule has 3 aliphatic heterocycles. The van der Waals surface area contributed by atoms with Crippen LogP contribution in [0.25, 0.3) is 11.2 Å². The zero-order valence-corrected chi connectivity index (χ0v) is 13.2. The van der Waals surface area contributed by atoms with Crippen LogP contribution in [0.2, 0.25) is 0 Å². The van der Waals surface area contributed by atoms with Gasteiger partial charge in [0.1, 0.15) is 11.3 Å². The van der Waals surface area contributed by atoms with Gasteiger partial charge in [-0.25, -0.2) is 9.97 Å². The Kier molecular flexibility index (Phi) is 3.38. The fourth-order valence-corrected chi connectivity index (χ4v) is 4.16. The van der Waals surface area contributed by atoms with Crippen molar-refractivity contribution in [3.63, 3.8) is 0 Å².